The van der Waals surface area contributed by atoms with Crippen molar-refractivity contribution in [1.29, 1.82) is 0 Å². The Labute approximate surface area is 644 Å². The average Bonchev–Trinajstić information content (AvgIpc) is 1.36. The summed E-state index contributed by atoms with van der Waals surface area (Å²) in [4.78, 5) is 195. The van der Waals surface area contributed by atoms with Crippen molar-refractivity contribution < 1.29 is 75.1 Å². The number of hydrogen-bond acceptors (Lipinski definition) is 12. The van der Waals surface area contributed by atoms with Gasteiger partial charge in [-0.25, -0.2) is 4.39 Å². The van der Waals surface area contributed by atoms with Gasteiger partial charge < -0.3 is 60.0 Å². The fraction of sp³-hybridized carbons (Fsp3) is 0.848. The van der Waals surface area contributed by atoms with Crippen LogP contribution in [0.4, 0.5) is 17.6 Å². The molecule has 29 heteroatoms. The van der Waals surface area contributed by atoms with Crippen LogP contribution in [0.3, 0.4) is 0 Å². The number of nitrogens with zero attached hydrogens (tertiary/aromatic N) is 9. The van der Waals surface area contributed by atoms with Crippen molar-refractivity contribution in [2.45, 2.75) is 306 Å². The Balaban J connectivity index is 1.33. The lowest BCUT2D eigenvalue weighted by Crippen LogP contribution is -2.65. The number of fused-ring (bicyclic) bond motifs is 1. The van der Waals surface area contributed by atoms with Gasteiger partial charge in [0.15, 0.2) is 0 Å². The molecule has 24 nitrogen and oxygen atoms in total. The zero-order valence-corrected chi connectivity index (χ0v) is 68.0. The summed E-state index contributed by atoms with van der Waals surface area (Å²) in [5.41, 5.74) is -1.66. The molecule has 3 N–H and O–H groups in total. The molecular formula is C79H129ClF4N12O12. The number of amides is 12. The van der Waals surface area contributed by atoms with E-state index in [0.29, 0.717) is 70.4 Å². The molecule has 3 aliphatic heterocycles. The summed E-state index contributed by atoms with van der Waals surface area (Å²) >= 11 is 6.47. The predicted molar refractivity (Wildman–Crippen MR) is 402 cm³/mol. The van der Waals surface area contributed by atoms with Crippen molar-refractivity contribution in [3.05, 3.63) is 0 Å². The molecule has 4 saturated carbocycles. The molecule has 0 aromatic heterocycles. The standard InChI is InChI=1S/C79H129ClF4N12O12/c1-16-49(6)66-75(106)89(10)51(8)70(101)96-40-35-59(96)73(104)92(13)62(44-53-25-23-48(5)24-26-53)72(103)88(9)46-64(97)85-58(34-30-52-29-33-56(57(80)42-52)79(82,83)84)71(102)91(12)61(43-54-27-31-55(81)32-28-54)69(100)87-78(36-19-20-37-78)77(108)94(15)67(50(7)17-2)76(107)93(14)63(74(105)95-38-21-18-22-39-95)45-65(98)90(11)60(41-47(3)4)68(99)86-66/h47-63,66-67H,16-46H2,1-15H3,(H,85,97)(H,86,99)(H,87,100)/t48?,49-,50-,51-,52?,53?,54?,55?,56?,57?,58-,59-,60-,61-,62-,63-,66-,67-/m0/s1. The fourth-order valence-electron chi connectivity index (χ4n) is 17.8. The van der Waals surface area contributed by atoms with Gasteiger partial charge in [0.2, 0.25) is 70.9 Å². The molecule has 7 aliphatic rings. The Morgan fingerprint density at radius 1 is 0.574 bits per heavy atom. The second-order valence-corrected chi connectivity index (χ2v) is 34.5. The molecule has 0 aromatic rings. The van der Waals surface area contributed by atoms with Gasteiger partial charge in [-0.1, -0.05) is 99.8 Å². The Morgan fingerprint density at radius 3 is 1.70 bits per heavy atom. The molecule has 0 bridgehead atoms. The minimum absolute atomic E-state index is 0.00480. The highest BCUT2D eigenvalue weighted by molar-refractivity contribution is 6.21. The summed E-state index contributed by atoms with van der Waals surface area (Å²) < 4.78 is 57.4. The van der Waals surface area contributed by atoms with Crippen LogP contribution in [-0.2, 0) is 57.5 Å². The first-order valence-electron chi connectivity index (χ1n) is 40.5. The smallest absolute Gasteiger partial charge is 0.343 e. The number of alkyl halides is 5. The van der Waals surface area contributed by atoms with E-state index in [1.54, 1.807) is 18.7 Å². The molecule has 3 heterocycles. The first-order chi connectivity index (χ1) is 50.8. The summed E-state index contributed by atoms with van der Waals surface area (Å²) in [5, 5.41) is 7.65. The lowest BCUT2D eigenvalue weighted by molar-refractivity contribution is -0.182. The molecule has 7 rings (SSSR count). The Bertz CT molecular complexity index is 3140. The maximum absolute atomic E-state index is 15.9. The number of likely N-dealkylation sites (N-methyl/N-ethyl adjacent to an activating group) is 7. The predicted octanol–water partition coefficient (Wildman–Crippen LogP) is 8.48. The minimum Gasteiger partial charge on any atom is -0.343 e. The molecule has 612 valence electrons. The van der Waals surface area contributed by atoms with Gasteiger partial charge >= 0.3 is 6.18 Å². The van der Waals surface area contributed by atoms with Crippen molar-refractivity contribution in [3.8, 4) is 0 Å². The van der Waals surface area contributed by atoms with Gasteiger partial charge in [0.1, 0.15) is 66.1 Å². The van der Waals surface area contributed by atoms with E-state index < -0.39 is 185 Å². The molecule has 1 spiro atoms. The van der Waals surface area contributed by atoms with Crippen LogP contribution in [0.1, 0.15) is 229 Å². The van der Waals surface area contributed by atoms with Crippen LogP contribution in [0.25, 0.3) is 0 Å². The number of halogens is 5. The number of rotatable bonds is 14. The quantitative estimate of drug-likeness (QED) is 0.109. The zero-order valence-electron chi connectivity index (χ0n) is 67.2. The SMILES string of the molecule is CC[C@H](C)[C@@H]1NC(=O)[C@H](CC(C)C)N(C)C(=O)C[C@@H](C(=O)N2CCCCC2)N(C)C(=O)[C@H]([C@@H](C)CC)N(C)C(=O)C2(CCCC2)NC(=O)[C@H](CC2CCC(F)CC2)N(C)C(=O)[C@H](CCC2CCC(C(F)(F)F)C(Cl)C2)NC(=O)CN(C)C(=O)[C@H](CC2CCC(C)CC2)N(C)C(=O)[C@@H]2CCN2C(=O)[C@H](C)N(C)C1=O. The van der Waals surface area contributed by atoms with Gasteiger partial charge in [-0.3, -0.25) is 57.5 Å². The number of carbonyl (C=O) groups is 12. The molecule has 14 atom stereocenters. The van der Waals surface area contributed by atoms with E-state index in [4.69, 9.17) is 11.6 Å². The number of carbonyl (C=O) groups excluding carboxylic acids is 12. The Morgan fingerprint density at radius 2 is 1.15 bits per heavy atom. The lowest BCUT2D eigenvalue weighted by Gasteiger charge is -2.45. The molecular weight excluding hydrogens is 1420 g/mol. The Hall–Kier alpha value is -6.35. The highest BCUT2D eigenvalue weighted by Gasteiger charge is 2.52. The van der Waals surface area contributed by atoms with Crippen LogP contribution in [0.2, 0.25) is 0 Å². The van der Waals surface area contributed by atoms with Crippen molar-refractivity contribution in [2.75, 3.05) is 75.5 Å². The van der Waals surface area contributed by atoms with Crippen molar-refractivity contribution in [1.82, 2.24) is 60.0 Å². The maximum Gasteiger partial charge on any atom is 0.393 e. The lowest BCUT2D eigenvalue weighted by atomic mass is 9.78. The summed E-state index contributed by atoms with van der Waals surface area (Å²) in [6.45, 7) is 14.9. The molecule has 0 radical (unpaired) electrons. The molecule has 12 amide bonds. The maximum atomic E-state index is 15.9. The first-order valence-corrected chi connectivity index (χ1v) is 40.9. The first kappa shape index (κ1) is 88.9. The second kappa shape index (κ2) is 39.2. The molecule has 4 aliphatic carbocycles. The number of likely N-dealkylation sites (tertiary alicyclic amines) is 1. The molecule has 7 fully saturated rings. The van der Waals surface area contributed by atoms with Gasteiger partial charge in [0.05, 0.1) is 18.9 Å². The van der Waals surface area contributed by atoms with Gasteiger partial charge in [-0.15, -0.1) is 11.6 Å². The van der Waals surface area contributed by atoms with E-state index in [0.717, 1.165) is 32.1 Å². The highest BCUT2D eigenvalue weighted by atomic mass is 35.5. The largest absolute Gasteiger partial charge is 0.393 e. The monoisotopic (exact) mass is 1550 g/mol. The van der Waals surface area contributed by atoms with E-state index >= 15 is 43.2 Å². The summed E-state index contributed by atoms with van der Waals surface area (Å²) in [6.07, 6.45) is 2.68. The normalized spacial score (nSPS) is 32.8. The van der Waals surface area contributed by atoms with E-state index in [9.17, 15) is 31.9 Å². The van der Waals surface area contributed by atoms with E-state index in [1.165, 1.54) is 95.5 Å². The molecule has 108 heavy (non-hydrogen) atoms. The van der Waals surface area contributed by atoms with Gasteiger partial charge in [0, 0.05) is 74.3 Å². The third-order valence-corrected chi connectivity index (χ3v) is 26.3. The van der Waals surface area contributed by atoms with E-state index in [1.807, 2.05) is 27.7 Å². The van der Waals surface area contributed by atoms with Crippen molar-refractivity contribution >= 4 is 82.5 Å². The van der Waals surface area contributed by atoms with Crippen LogP contribution in [0, 0.1) is 47.3 Å². The van der Waals surface area contributed by atoms with Crippen LogP contribution < -0.4 is 16.0 Å². The van der Waals surface area contributed by atoms with Gasteiger partial charge in [-0.2, -0.15) is 13.2 Å². The topological polar surface area (TPSA) is 270 Å². The molecule has 3 unspecified atom stereocenters. The molecule has 3 saturated heterocycles. The Kier molecular flexibility index (Phi) is 32.3. The third-order valence-electron chi connectivity index (χ3n) is 25.8. The summed E-state index contributed by atoms with van der Waals surface area (Å²) in [6, 6.07) is -11.3. The van der Waals surface area contributed by atoms with Gasteiger partial charge in [-0.05, 0) is 164 Å². The van der Waals surface area contributed by atoms with Crippen LogP contribution >= 0.6 is 11.6 Å². The highest BCUT2D eigenvalue weighted by Crippen LogP contribution is 2.44. The number of hydrogen-bond donors (Lipinski definition) is 3. The van der Waals surface area contributed by atoms with E-state index in [-0.39, 0.29) is 108 Å². The van der Waals surface area contributed by atoms with Crippen molar-refractivity contribution in [2.24, 2.45) is 47.3 Å². The fourth-order valence-corrected chi connectivity index (χ4v) is 18.3. The number of nitrogens with one attached hydrogen (secondary N) is 3. The van der Waals surface area contributed by atoms with Gasteiger partial charge in [0.25, 0.3) is 0 Å². The van der Waals surface area contributed by atoms with Crippen LogP contribution in [0.5, 0.6) is 0 Å². The van der Waals surface area contributed by atoms with E-state index in [2.05, 4.69) is 22.9 Å². The average molecular weight is 1550 g/mol. The summed E-state index contributed by atoms with van der Waals surface area (Å²) in [5.74, 6) is -11.1. The van der Waals surface area contributed by atoms with Crippen LogP contribution in [0.15, 0.2) is 0 Å². The third kappa shape index (κ3) is 21.9. The van der Waals surface area contributed by atoms with Crippen molar-refractivity contribution in [3.63, 3.8) is 0 Å². The second-order valence-electron chi connectivity index (χ2n) is 33.9. The van der Waals surface area contributed by atoms with Crippen LogP contribution in [-0.4, -0.2) is 268 Å². The zero-order chi connectivity index (χ0) is 80.1. The molecule has 0 aromatic carbocycles. The minimum atomic E-state index is -4.54. The summed E-state index contributed by atoms with van der Waals surface area (Å²) in [7, 11) is 10.1. The number of piperidine rings is 1.